The van der Waals surface area contributed by atoms with Crippen LogP contribution in [0.3, 0.4) is 0 Å². The van der Waals surface area contributed by atoms with Crippen molar-refractivity contribution >= 4 is 76.3 Å². The van der Waals surface area contributed by atoms with Gasteiger partial charge >= 0.3 is 90.8 Å². The number of nitro groups is 2. The van der Waals surface area contributed by atoms with Crippen LogP contribution in [0.1, 0.15) is 119 Å². The van der Waals surface area contributed by atoms with Crippen molar-refractivity contribution in [1.29, 1.82) is 0 Å². The molecule has 0 bridgehead atoms. The second kappa shape index (κ2) is 40.7. The molecule has 2 aliphatic rings. The van der Waals surface area contributed by atoms with E-state index in [4.69, 9.17) is 34.3 Å². The molecule has 8 N–H and O–H groups in total. The number of fused-ring (bicyclic) bond motifs is 4. The van der Waals surface area contributed by atoms with Gasteiger partial charge in [0.1, 0.15) is 34.1 Å². The van der Waals surface area contributed by atoms with Crippen LogP contribution in [0.2, 0.25) is 0 Å². The van der Waals surface area contributed by atoms with E-state index >= 15 is 0 Å². The number of anilines is 2. The first-order valence-corrected chi connectivity index (χ1v) is 28.9. The Kier molecular flexibility index (Phi) is 35.1. The summed E-state index contributed by atoms with van der Waals surface area (Å²) in [7, 11) is 4.96. The topological polar surface area (TPSA) is 460 Å². The number of aliphatic carboxylic acids is 1. The normalized spacial score (nSPS) is 11.2. The Morgan fingerprint density at radius 2 is 0.750 bits per heavy atom. The molecule has 0 aliphatic carbocycles. The average Bonchev–Trinajstić information content (AvgIpc) is 1.35. The molecule has 44 heteroatoms. The number of nitrogens with one attached hydrogen (secondary N) is 2. The SMILES string of the molecule is C.CC(=O)O.COC(=O)c1cc([N+](=O)[O-])c(F)cc1C(F)(F)F.COC(=O)c1cc2c(cc1C(F)(F)F)Oc1ccccc1C(=O)N2.COC(=O)c1ccccc1O.COC(=O)c1ccccc1Oc1cc(C(F)(F)F)c(C(=O)OC)cc1[N+](=O)[O-].O.O=C1Nc2cc(C(=O)O)c(C(F)(F)F)cc2Oc2ccccc21.[Li+].[OH-]. The van der Waals surface area contributed by atoms with Gasteiger partial charge in [-0.15, -0.1) is 0 Å². The van der Waals surface area contributed by atoms with Crippen LogP contribution in [0.25, 0.3) is 0 Å². The van der Waals surface area contributed by atoms with Gasteiger partial charge in [-0.05, 0) is 78.9 Å². The zero-order valence-corrected chi connectivity index (χ0v) is 57.0. The molecule has 2 heterocycles. The van der Waals surface area contributed by atoms with Gasteiger partial charge in [-0.2, -0.15) is 57.1 Å². The molecular formula is C68H54F13LiN4O26. The summed E-state index contributed by atoms with van der Waals surface area (Å²) >= 11 is 0. The number of phenols is 1. The number of hydrogen-bond donors (Lipinski definition) is 5. The van der Waals surface area contributed by atoms with E-state index in [0.717, 1.165) is 47.5 Å². The molecule has 0 spiro atoms. The Bertz CT molecular complexity index is 4840. The molecule has 0 unspecified atom stereocenters. The van der Waals surface area contributed by atoms with Crippen molar-refractivity contribution in [3.8, 4) is 40.2 Å². The minimum Gasteiger partial charge on any atom is -0.870 e. The Labute approximate surface area is 631 Å². The van der Waals surface area contributed by atoms with Crippen LogP contribution >= 0.6 is 0 Å². The smallest absolute Gasteiger partial charge is 0.870 e. The predicted octanol–water partition coefficient (Wildman–Crippen LogP) is 12.0. The molecule has 0 fully saturated rings. The van der Waals surface area contributed by atoms with Gasteiger partial charge in [0.05, 0.1) is 112 Å². The first kappa shape index (κ1) is 96.6. The van der Waals surface area contributed by atoms with Crippen LogP contribution < -0.4 is 43.7 Å². The zero-order chi connectivity index (χ0) is 81.2. The number of ether oxygens (including phenoxy) is 8. The summed E-state index contributed by atoms with van der Waals surface area (Å²) in [4.78, 5) is 121. The van der Waals surface area contributed by atoms with E-state index in [0.29, 0.717) is 24.3 Å². The Morgan fingerprint density at radius 3 is 1.13 bits per heavy atom. The molecular weight excluding hydrogens is 1540 g/mol. The molecule has 0 radical (unpaired) electrons. The monoisotopic (exact) mass is 1600 g/mol. The maximum atomic E-state index is 13.4. The number of amides is 2. The standard InChI is InChI=1S/C17H12F3NO7.C16H10F3NO4.C15H8F3NO4.C9H5F4NO4.C8H8O3.C2H4O2.CH4.Li.2H2O/c1-26-15(22)9-5-3-4-6-13(9)28-14-8-11(17(18,19)20)10(16(23)27-2)7-12(14)21(24)25;1-23-15(22)9-6-11-13(7-10(9)16(17,18)19)24-12-5-3-2-4-8(12)14(21)20-11;16-15(17,18)9-6-12-10(5-8(9)14(21)22)19-13(20)7-3-1-2-4-11(7)23-12;1-18-8(15)4-2-7(14(16)17)6(10)3-5(4)9(11,12)13;1-11-8(10)6-4-2-3-5-7(6)9;1-2(3)4;;;;/h3-8H,1-2H3;2-7H,1H3,(H,20,21);1-6H,(H,19,20)(H,21,22);2-3H,1H3;2-5,9H,1H3;1H3,(H,3,4);1H4;;2*1H2/q;;;;;;;+1;;/p-1. The number of methoxy groups -OCH3 is 5. The number of aromatic carboxylic acids is 1. The van der Waals surface area contributed by atoms with Crippen LogP contribution in [0, 0.1) is 26.0 Å². The molecule has 8 aromatic rings. The van der Waals surface area contributed by atoms with Crippen LogP contribution in [0.4, 0.5) is 79.8 Å². The van der Waals surface area contributed by atoms with Gasteiger partial charge < -0.3 is 74.8 Å². The number of hydrogen-bond acceptors (Lipinski definition) is 23. The van der Waals surface area contributed by atoms with Crippen molar-refractivity contribution in [3.05, 3.63) is 238 Å². The molecule has 0 atom stereocenters. The number of alkyl halides is 12. The number of rotatable bonds is 10. The van der Waals surface area contributed by atoms with Gasteiger partial charge in [0, 0.05) is 25.1 Å². The number of para-hydroxylation sites is 4. The molecule has 10 rings (SSSR count). The predicted molar refractivity (Wildman–Crippen MR) is 352 cm³/mol. The van der Waals surface area contributed by atoms with Gasteiger partial charge in [0.25, 0.3) is 17.8 Å². The van der Waals surface area contributed by atoms with Crippen LogP contribution in [-0.4, -0.2) is 125 Å². The Hall–Kier alpha value is -13.4. The minimum absolute atomic E-state index is 0. The number of halogens is 13. The quantitative estimate of drug-likeness (QED) is 0.0212. The summed E-state index contributed by atoms with van der Waals surface area (Å²) in [5, 5.41) is 52.0. The second-order valence-electron chi connectivity index (χ2n) is 20.5. The molecule has 112 heavy (non-hydrogen) atoms. The number of carbonyl (C=O) groups is 9. The summed E-state index contributed by atoms with van der Waals surface area (Å²) < 4.78 is 207. The summed E-state index contributed by atoms with van der Waals surface area (Å²) in [5.41, 5.74) is -11.5. The summed E-state index contributed by atoms with van der Waals surface area (Å²) in [6.45, 7) is 1.08. The number of esters is 5. The number of carbonyl (C=O) groups excluding carboxylic acids is 7. The molecule has 2 aliphatic heterocycles. The maximum Gasteiger partial charge on any atom is 1.00 e. The number of carboxylic acid groups (broad SMARTS) is 2. The van der Waals surface area contributed by atoms with Crippen molar-refractivity contribution in [2.45, 2.75) is 39.1 Å². The third-order valence-corrected chi connectivity index (χ3v) is 13.5. The molecule has 0 aromatic heterocycles. The number of aromatic hydroxyl groups is 1. The number of carboxylic acids is 2. The third-order valence-electron chi connectivity index (χ3n) is 13.5. The second-order valence-corrected chi connectivity index (χ2v) is 20.5. The average molecular weight is 1600 g/mol. The molecule has 594 valence electrons. The van der Waals surface area contributed by atoms with E-state index in [2.05, 4.69) is 34.3 Å². The number of benzene rings is 8. The van der Waals surface area contributed by atoms with Crippen molar-refractivity contribution in [2.75, 3.05) is 46.2 Å². The van der Waals surface area contributed by atoms with E-state index in [1.807, 2.05) is 0 Å². The fourth-order valence-corrected chi connectivity index (χ4v) is 8.78. The zero-order valence-electron chi connectivity index (χ0n) is 57.0. The third kappa shape index (κ3) is 24.8. The van der Waals surface area contributed by atoms with E-state index in [9.17, 15) is 116 Å². The van der Waals surface area contributed by atoms with E-state index in [1.54, 1.807) is 36.4 Å². The fourth-order valence-electron chi connectivity index (χ4n) is 8.78. The first-order valence-electron chi connectivity index (χ1n) is 28.9. The van der Waals surface area contributed by atoms with Crippen molar-refractivity contribution in [2.24, 2.45) is 0 Å². The fraction of sp³-hybridized carbons (Fsp3) is 0.162. The molecule has 0 saturated heterocycles. The van der Waals surface area contributed by atoms with Gasteiger partial charge in [-0.25, -0.2) is 28.8 Å². The summed E-state index contributed by atoms with van der Waals surface area (Å²) in [6, 6.07) is 27.4. The summed E-state index contributed by atoms with van der Waals surface area (Å²) in [6.07, 6.45) is -19.7. The molecule has 8 aromatic carbocycles. The van der Waals surface area contributed by atoms with Crippen molar-refractivity contribution in [3.63, 3.8) is 0 Å². The van der Waals surface area contributed by atoms with Crippen LogP contribution in [0.15, 0.2) is 146 Å². The van der Waals surface area contributed by atoms with Crippen LogP contribution in [0.5, 0.6) is 40.2 Å². The van der Waals surface area contributed by atoms with Crippen molar-refractivity contribution in [1.82, 2.24) is 0 Å². The van der Waals surface area contributed by atoms with E-state index in [-0.39, 0.29) is 117 Å². The number of nitrogens with zero attached hydrogens (tertiary/aromatic N) is 2. The van der Waals surface area contributed by atoms with Crippen molar-refractivity contribution < 1.29 is 193 Å². The Balaban J connectivity index is 0.000000700. The van der Waals surface area contributed by atoms with E-state index < -0.39 is 156 Å². The van der Waals surface area contributed by atoms with Gasteiger partial charge in [0.15, 0.2) is 11.5 Å². The minimum atomic E-state index is -5.03. The Morgan fingerprint density at radius 1 is 0.438 bits per heavy atom. The number of phenolic OH excluding ortho intramolecular Hbond substituents is 1. The molecule has 30 nitrogen and oxygen atoms in total. The van der Waals surface area contributed by atoms with Gasteiger partial charge in [-0.1, -0.05) is 56.0 Å². The maximum absolute atomic E-state index is 13.4. The molecule has 2 amide bonds. The first-order chi connectivity index (χ1) is 50.3. The van der Waals surface area contributed by atoms with E-state index in [1.165, 1.54) is 67.8 Å². The summed E-state index contributed by atoms with van der Waals surface area (Å²) in [5.74, 6) is -12.3. The number of nitro benzene ring substituents is 2. The van der Waals surface area contributed by atoms with Crippen LogP contribution in [-0.2, 0) is 53.2 Å². The largest absolute Gasteiger partial charge is 1.00 e. The van der Waals surface area contributed by atoms with Gasteiger partial charge in [-0.3, -0.25) is 34.6 Å². The molecule has 0 saturated carbocycles. The van der Waals surface area contributed by atoms with Gasteiger partial charge in [0.2, 0.25) is 11.6 Å².